The molecule has 0 radical (unpaired) electrons. The van der Waals surface area contributed by atoms with Gasteiger partial charge in [-0.2, -0.15) is 0 Å². The van der Waals surface area contributed by atoms with Crippen LogP contribution in [0.25, 0.3) is 28.2 Å². The van der Waals surface area contributed by atoms with Gasteiger partial charge in [-0.15, -0.1) is 10.2 Å². The summed E-state index contributed by atoms with van der Waals surface area (Å²) < 4.78 is 22.2. The molecule has 3 aromatic heterocycles. The first-order valence-corrected chi connectivity index (χ1v) is 13.3. The Balaban J connectivity index is 1.25. The standard InChI is InChI=1S/C30H28FN7O2/c1-4-40-21-12-13-25(32-16-21)29-37-36-28(38(29)26-11-6-5-9-23(26)31)19-14-20(15-19)35-30(39)22-8-7-10-24-27(22)34-18(3)17(2)33-24/h5-13,16,19-20H,4,14-15H2,1-3H3,(H,35,39). The maximum Gasteiger partial charge on any atom is 0.253 e. The van der Waals surface area contributed by atoms with Gasteiger partial charge in [0.15, 0.2) is 5.82 Å². The first-order valence-electron chi connectivity index (χ1n) is 13.3. The van der Waals surface area contributed by atoms with Crippen molar-refractivity contribution in [2.24, 2.45) is 0 Å². The van der Waals surface area contributed by atoms with E-state index in [-0.39, 0.29) is 23.7 Å². The van der Waals surface area contributed by atoms with Gasteiger partial charge >= 0.3 is 0 Å². The second-order valence-corrected chi connectivity index (χ2v) is 9.89. The molecule has 3 heterocycles. The summed E-state index contributed by atoms with van der Waals surface area (Å²) in [5, 5.41) is 12.0. The highest BCUT2D eigenvalue weighted by atomic mass is 19.1. The maximum atomic E-state index is 15.0. The van der Waals surface area contributed by atoms with Crippen LogP contribution in [0.1, 0.15) is 53.3 Å². The fourth-order valence-electron chi connectivity index (χ4n) is 5.00. The molecule has 9 nitrogen and oxygen atoms in total. The third-order valence-electron chi connectivity index (χ3n) is 7.25. The third-order valence-corrected chi connectivity index (χ3v) is 7.25. The van der Waals surface area contributed by atoms with Gasteiger partial charge in [-0.1, -0.05) is 18.2 Å². The molecular formula is C30H28FN7O2. The number of amides is 1. The molecule has 1 fully saturated rings. The summed E-state index contributed by atoms with van der Waals surface area (Å²) in [6.45, 7) is 6.22. The quantitative estimate of drug-likeness (QED) is 0.308. The molecule has 40 heavy (non-hydrogen) atoms. The van der Waals surface area contributed by atoms with E-state index in [4.69, 9.17) is 4.74 Å². The summed E-state index contributed by atoms with van der Waals surface area (Å²) in [5.41, 5.74) is 4.31. The van der Waals surface area contributed by atoms with Gasteiger partial charge in [0.1, 0.15) is 28.6 Å². The van der Waals surface area contributed by atoms with Gasteiger partial charge in [0.25, 0.3) is 5.91 Å². The van der Waals surface area contributed by atoms with Crippen molar-refractivity contribution >= 4 is 16.9 Å². The Bertz CT molecular complexity index is 1710. The van der Waals surface area contributed by atoms with Crippen LogP contribution in [0.15, 0.2) is 60.8 Å². The zero-order valence-corrected chi connectivity index (χ0v) is 22.4. The van der Waals surface area contributed by atoms with Crippen LogP contribution in [-0.4, -0.2) is 48.3 Å². The van der Waals surface area contributed by atoms with E-state index < -0.39 is 0 Å². The second-order valence-electron chi connectivity index (χ2n) is 9.89. The molecule has 0 atom stereocenters. The van der Waals surface area contributed by atoms with Crippen LogP contribution in [0, 0.1) is 19.7 Å². The molecule has 0 spiro atoms. The predicted octanol–water partition coefficient (Wildman–Crippen LogP) is 5.10. The van der Waals surface area contributed by atoms with Crippen LogP contribution in [-0.2, 0) is 0 Å². The van der Waals surface area contributed by atoms with Gasteiger partial charge in [-0.3, -0.25) is 9.36 Å². The normalized spacial score (nSPS) is 16.5. The average molecular weight is 538 g/mol. The molecule has 1 saturated carbocycles. The van der Waals surface area contributed by atoms with Gasteiger partial charge in [0, 0.05) is 12.0 Å². The molecular weight excluding hydrogens is 509 g/mol. The monoisotopic (exact) mass is 537 g/mol. The zero-order valence-electron chi connectivity index (χ0n) is 22.4. The number of aryl methyl sites for hydroxylation is 2. The topological polar surface area (TPSA) is 108 Å². The summed E-state index contributed by atoms with van der Waals surface area (Å²) in [4.78, 5) is 26.9. The van der Waals surface area contributed by atoms with Gasteiger partial charge in [0.05, 0.1) is 41.0 Å². The highest BCUT2D eigenvalue weighted by Gasteiger charge is 2.37. The van der Waals surface area contributed by atoms with Crippen molar-refractivity contribution in [3.63, 3.8) is 0 Å². The molecule has 202 valence electrons. The maximum absolute atomic E-state index is 15.0. The largest absolute Gasteiger partial charge is 0.492 e. The number of nitrogens with zero attached hydrogens (tertiary/aromatic N) is 6. The van der Waals surface area contributed by atoms with Gasteiger partial charge in [-0.25, -0.2) is 19.3 Å². The lowest BCUT2D eigenvalue weighted by atomic mass is 9.79. The van der Waals surface area contributed by atoms with Crippen molar-refractivity contribution in [3.05, 3.63) is 89.4 Å². The summed E-state index contributed by atoms with van der Waals surface area (Å²) >= 11 is 0. The Morgan fingerprint density at radius 1 is 1.02 bits per heavy atom. The summed E-state index contributed by atoms with van der Waals surface area (Å²) in [6, 6.07) is 15.5. The number of para-hydroxylation sites is 2. The van der Waals surface area contributed by atoms with E-state index >= 15 is 4.39 Å². The van der Waals surface area contributed by atoms with Crippen LogP contribution >= 0.6 is 0 Å². The molecule has 1 aliphatic carbocycles. The number of rotatable bonds is 7. The molecule has 5 aromatic rings. The van der Waals surface area contributed by atoms with E-state index in [0.717, 1.165) is 11.4 Å². The van der Waals surface area contributed by atoms with Gasteiger partial charge in [0.2, 0.25) is 0 Å². The Morgan fingerprint density at radius 3 is 2.58 bits per heavy atom. The van der Waals surface area contributed by atoms with Crippen LogP contribution in [0.2, 0.25) is 0 Å². The van der Waals surface area contributed by atoms with Gasteiger partial charge < -0.3 is 10.1 Å². The summed E-state index contributed by atoms with van der Waals surface area (Å²) in [6.07, 6.45) is 2.90. The fourth-order valence-corrected chi connectivity index (χ4v) is 5.00. The lowest BCUT2D eigenvalue weighted by Gasteiger charge is -2.35. The van der Waals surface area contributed by atoms with E-state index in [2.05, 4.69) is 30.5 Å². The van der Waals surface area contributed by atoms with Crippen molar-refractivity contribution in [1.82, 2.24) is 35.0 Å². The fraction of sp³-hybridized carbons (Fsp3) is 0.267. The predicted molar refractivity (Wildman–Crippen MR) is 148 cm³/mol. The lowest BCUT2D eigenvalue weighted by Crippen LogP contribution is -2.44. The van der Waals surface area contributed by atoms with Crippen LogP contribution in [0.5, 0.6) is 5.75 Å². The minimum absolute atomic E-state index is 0.0222. The number of aromatic nitrogens is 6. The van der Waals surface area contributed by atoms with E-state index in [9.17, 15) is 4.79 Å². The molecule has 0 bridgehead atoms. The number of pyridine rings is 1. The van der Waals surface area contributed by atoms with E-state index in [1.807, 2.05) is 32.9 Å². The Kier molecular flexibility index (Phi) is 6.67. The Hall–Kier alpha value is -4.73. The molecule has 2 aromatic carbocycles. The van der Waals surface area contributed by atoms with Crippen molar-refractivity contribution in [2.45, 2.75) is 45.6 Å². The second kappa shape index (κ2) is 10.4. The van der Waals surface area contributed by atoms with Crippen LogP contribution in [0.3, 0.4) is 0 Å². The first-order chi connectivity index (χ1) is 19.4. The number of nitrogens with one attached hydrogen (secondary N) is 1. The van der Waals surface area contributed by atoms with Crippen molar-refractivity contribution in [2.75, 3.05) is 6.61 Å². The van der Waals surface area contributed by atoms with E-state index in [1.165, 1.54) is 6.07 Å². The highest BCUT2D eigenvalue weighted by Crippen LogP contribution is 2.39. The number of carbonyl (C=O) groups excluding carboxylic acids is 1. The number of fused-ring (bicyclic) bond motifs is 1. The SMILES string of the molecule is CCOc1ccc(-c2nnc(C3CC(NC(=O)c4cccc5nc(C)c(C)nc45)C3)n2-c2ccccc2F)nc1. The number of hydrogen-bond acceptors (Lipinski definition) is 7. The van der Waals surface area contributed by atoms with Gasteiger partial charge in [-0.05, 0) is 70.0 Å². The molecule has 0 unspecified atom stereocenters. The molecule has 10 heteroatoms. The molecule has 0 saturated heterocycles. The minimum Gasteiger partial charge on any atom is -0.492 e. The van der Waals surface area contributed by atoms with Crippen LogP contribution in [0.4, 0.5) is 4.39 Å². The summed E-state index contributed by atoms with van der Waals surface area (Å²) in [7, 11) is 0. The van der Waals surface area contributed by atoms with Crippen molar-refractivity contribution in [3.8, 4) is 23.0 Å². The van der Waals surface area contributed by atoms with Crippen molar-refractivity contribution in [1.29, 1.82) is 0 Å². The number of halogens is 1. The van der Waals surface area contributed by atoms with E-state index in [1.54, 1.807) is 47.2 Å². The third kappa shape index (κ3) is 4.66. The van der Waals surface area contributed by atoms with E-state index in [0.29, 0.717) is 64.8 Å². The highest BCUT2D eigenvalue weighted by molar-refractivity contribution is 6.04. The molecule has 1 aliphatic rings. The number of hydrogen-bond donors (Lipinski definition) is 1. The number of carbonyl (C=O) groups is 1. The molecule has 6 rings (SSSR count). The Morgan fingerprint density at radius 2 is 1.82 bits per heavy atom. The average Bonchev–Trinajstić information content (AvgIpc) is 3.35. The van der Waals surface area contributed by atoms with Crippen LogP contribution < -0.4 is 10.1 Å². The minimum atomic E-state index is -0.387. The number of ether oxygens (including phenoxy) is 1. The Labute approximate surface area is 230 Å². The number of benzene rings is 2. The van der Waals surface area contributed by atoms with Crippen molar-refractivity contribution < 1.29 is 13.9 Å². The smallest absolute Gasteiger partial charge is 0.253 e. The molecule has 1 amide bonds. The zero-order chi connectivity index (χ0) is 27.8. The lowest BCUT2D eigenvalue weighted by molar-refractivity contribution is 0.0908. The summed E-state index contributed by atoms with van der Waals surface area (Å²) in [5.74, 6) is 1.11. The first kappa shape index (κ1) is 25.5. The molecule has 0 aliphatic heterocycles. The molecule has 1 N–H and O–H groups in total.